The fourth-order valence-corrected chi connectivity index (χ4v) is 5.99. The molecule has 1 fully saturated rings. The van der Waals surface area contributed by atoms with E-state index in [1.54, 1.807) is 60.0 Å². The van der Waals surface area contributed by atoms with E-state index in [9.17, 15) is 9.59 Å². The number of hydrogen-bond donors (Lipinski definition) is 2. The summed E-state index contributed by atoms with van der Waals surface area (Å²) in [5, 5.41) is 12.8. The van der Waals surface area contributed by atoms with Gasteiger partial charge in [-0.2, -0.15) is 5.10 Å². The second-order valence-electron chi connectivity index (χ2n) is 11.0. The topological polar surface area (TPSA) is 136 Å². The van der Waals surface area contributed by atoms with Gasteiger partial charge in [-0.05, 0) is 48.5 Å². The zero-order chi connectivity index (χ0) is 34.9. The molecule has 1 aliphatic rings. The van der Waals surface area contributed by atoms with Crippen LogP contribution in [0.15, 0.2) is 103 Å². The predicted octanol–water partition coefficient (Wildman–Crippen LogP) is 6.69. The molecule has 7 rings (SSSR count). The summed E-state index contributed by atoms with van der Waals surface area (Å²) < 4.78 is 12.6. The van der Waals surface area contributed by atoms with Crippen molar-refractivity contribution in [1.29, 1.82) is 0 Å². The molecule has 2 aromatic carbocycles. The van der Waals surface area contributed by atoms with Crippen LogP contribution in [0.2, 0.25) is 5.02 Å². The minimum atomic E-state index is -0.298. The van der Waals surface area contributed by atoms with Gasteiger partial charge in [0.1, 0.15) is 22.1 Å². The van der Waals surface area contributed by atoms with Crippen LogP contribution in [0.4, 0.5) is 17.1 Å². The van der Waals surface area contributed by atoms with Gasteiger partial charge in [-0.3, -0.25) is 19.3 Å². The Balaban J connectivity index is 0.000000182. The molecule has 5 heterocycles. The summed E-state index contributed by atoms with van der Waals surface area (Å²) in [6.07, 6.45) is 6.99. The maximum atomic E-state index is 12.8. The molecule has 12 nitrogen and oxygen atoms in total. The van der Waals surface area contributed by atoms with E-state index in [4.69, 9.17) is 21.1 Å². The van der Waals surface area contributed by atoms with Crippen molar-refractivity contribution in [2.24, 2.45) is 7.05 Å². The summed E-state index contributed by atoms with van der Waals surface area (Å²) in [6, 6.07) is 21.9. The van der Waals surface area contributed by atoms with Crippen LogP contribution in [0, 0.1) is 0 Å². The number of rotatable bonds is 8. The maximum Gasteiger partial charge on any atom is 0.275 e. The number of methoxy groups -OCH3 is 1. The van der Waals surface area contributed by atoms with Gasteiger partial charge in [0.15, 0.2) is 0 Å². The number of thiazole rings is 1. The molecule has 0 spiro atoms. The van der Waals surface area contributed by atoms with Gasteiger partial charge < -0.3 is 25.0 Å². The Morgan fingerprint density at radius 2 is 1.68 bits per heavy atom. The molecule has 6 aromatic rings. The molecule has 1 aliphatic heterocycles. The second kappa shape index (κ2) is 16.2. The number of amides is 2. The van der Waals surface area contributed by atoms with E-state index < -0.39 is 0 Å². The summed E-state index contributed by atoms with van der Waals surface area (Å²) in [7, 11) is 3.43. The molecule has 0 aliphatic carbocycles. The van der Waals surface area contributed by atoms with Gasteiger partial charge in [0.25, 0.3) is 11.8 Å². The summed E-state index contributed by atoms with van der Waals surface area (Å²) in [5.41, 5.74) is 5.33. The summed E-state index contributed by atoms with van der Waals surface area (Å²) in [6.45, 7) is 3.08. The van der Waals surface area contributed by atoms with Crippen molar-refractivity contribution < 1.29 is 19.1 Å². The third-order valence-corrected chi connectivity index (χ3v) is 8.78. The number of hydrogen-bond acceptors (Lipinski definition) is 10. The number of pyridine rings is 2. The fraction of sp³-hybridized carbons (Fsp3) is 0.167. The van der Waals surface area contributed by atoms with Crippen LogP contribution in [-0.2, 0) is 11.8 Å². The molecule has 0 saturated carbocycles. The zero-order valence-corrected chi connectivity index (χ0v) is 28.8. The standard InChI is InChI=1S/C21H23N5O3.C15H10ClN3OS/c1-25-14-15(13-22-25)17-4-3-5-19(23-17)21(27)24-18-7-6-16(12-20(18)28-2)26-8-10-29-11-9-26;16-11-5-1-2-6-12(11)18-14(20)13-9-21-15(19-13)10-4-3-7-17-8-10/h3-7,12-14H,8-11H2,1-2H3,(H,24,27);1-9H,(H,18,20). The van der Waals surface area contributed by atoms with Crippen LogP contribution in [0.25, 0.3) is 21.8 Å². The molecule has 0 unspecified atom stereocenters. The van der Waals surface area contributed by atoms with E-state index in [1.165, 1.54) is 11.3 Å². The minimum Gasteiger partial charge on any atom is -0.494 e. The van der Waals surface area contributed by atoms with Crippen molar-refractivity contribution in [1.82, 2.24) is 24.7 Å². The average molecular weight is 709 g/mol. The third-order valence-electron chi connectivity index (χ3n) is 7.56. The molecule has 2 amide bonds. The fourth-order valence-electron chi connectivity index (χ4n) is 5.01. The smallest absolute Gasteiger partial charge is 0.275 e. The Kier molecular flexibility index (Phi) is 11.1. The lowest BCUT2D eigenvalue weighted by Gasteiger charge is -2.29. The number of benzene rings is 2. The maximum absolute atomic E-state index is 12.8. The quantitative estimate of drug-likeness (QED) is 0.177. The molecule has 0 bridgehead atoms. The Labute approximate surface area is 297 Å². The van der Waals surface area contributed by atoms with E-state index in [0.717, 1.165) is 34.9 Å². The Bertz CT molecular complexity index is 2080. The van der Waals surface area contributed by atoms with Crippen LogP contribution in [0.1, 0.15) is 21.0 Å². The highest BCUT2D eigenvalue weighted by molar-refractivity contribution is 7.13. The number of carbonyl (C=O) groups excluding carboxylic acids is 2. The first kappa shape index (κ1) is 34.2. The molecule has 14 heteroatoms. The molecule has 0 atom stereocenters. The van der Waals surface area contributed by atoms with Crippen molar-refractivity contribution in [3.63, 3.8) is 0 Å². The summed E-state index contributed by atoms with van der Waals surface area (Å²) in [5.74, 6) is 0.0217. The SMILES string of the molecule is COc1cc(N2CCOCC2)ccc1NC(=O)c1cccc(-c2cnn(C)c2)n1.O=C(Nc1ccccc1Cl)c1csc(-c2cccnc2)n1. The largest absolute Gasteiger partial charge is 0.494 e. The lowest BCUT2D eigenvalue weighted by atomic mass is 10.2. The molecule has 50 heavy (non-hydrogen) atoms. The monoisotopic (exact) mass is 708 g/mol. The van der Waals surface area contributed by atoms with E-state index in [-0.39, 0.29) is 11.8 Å². The Morgan fingerprint density at radius 1 is 0.880 bits per heavy atom. The molecule has 1 saturated heterocycles. The zero-order valence-electron chi connectivity index (χ0n) is 27.2. The van der Waals surface area contributed by atoms with Gasteiger partial charge in [0.2, 0.25) is 0 Å². The van der Waals surface area contributed by atoms with Gasteiger partial charge in [0.05, 0.1) is 48.6 Å². The van der Waals surface area contributed by atoms with Crippen LogP contribution >= 0.6 is 22.9 Å². The number of nitrogens with zero attached hydrogens (tertiary/aromatic N) is 6. The average Bonchev–Trinajstić information content (AvgIpc) is 3.84. The molecule has 0 radical (unpaired) electrons. The van der Waals surface area contributed by atoms with Gasteiger partial charge >= 0.3 is 0 Å². The number of aromatic nitrogens is 5. The molecular weight excluding hydrogens is 676 g/mol. The van der Waals surface area contributed by atoms with Gasteiger partial charge in [-0.15, -0.1) is 11.3 Å². The van der Waals surface area contributed by atoms with E-state index in [1.807, 2.05) is 61.8 Å². The van der Waals surface area contributed by atoms with Crippen LogP contribution in [-0.4, -0.2) is 70.0 Å². The van der Waals surface area contributed by atoms with Crippen molar-refractivity contribution in [3.8, 4) is 27.6 Å². The number of morpholine rings is 1. The van der Waals surface area contributed by atoms with E-state index in [2.05, 4.69) is 35.6 Å². The van der Waals surface area contributed by atoms with Crippen LogP contribution < -0.4 is 20.3 Å². The number of carbonyl (C=O) groups is 2. The van der Waals surface area contributed by atoms with Crippen molar-refractivity contribution in [2.75, 3.05) is 48.9 Å². The lowest BCUT2D eigenvalue weighted by Crippen LogP contribution is -2.36. The lowest BCUT2D eigenvalue weighted by molar-refractivity contribution is 0.101. The highest BCUT2D eigenvalue weighted by Crippen LogP contribution is 2.31. The normalized spacial score (nSPS) is 12.4. The molecule has 4 aromatic heterocycles. The van der Waals surface area contributed by atoms with Gasteiger partial charge in [0, 0.05) is 67.0 Å². The van der Waals surface area contributed by atoms with Crippen molar-refractivity contribution in [3.05, 3.63) is 119 Å². The number of anilines is 3. The predicted molar refractivity (Wildman–Crippen MR) is 195 cm³/mol. The third kappa shape index (κ3) is 8.50. The first-order valence-electron chi connectivity index (χ1n) is 15.6. The molecule has 2 N–H and O–H groups in total. The number of halogens is 1. The highest BCUT2D eigenvalue weighted by atomic mass is 35.5. The second-order valence-corrected chi connectivity index (χ2v) is 12.2. The number of para-hydroxylation sites is 1. The summed E-state index contributed by atoms with van der Waals surface area (Å²) >= 11 is 7.42. The van der Waals surface area contributed by atoms with Crippen molar-refractivity contribution >= 4 is 51.8 Å². The highest BCUT2D eigenvalue weighted by Gasteiger charge is 2.17. The van der Waals surface area contributed by atoms with E-state index >= 15 is 0 Å². The Morgan fingerprint density at radius 3 is 2.42 bits per heavy atom. The number of nitrogens with one attached hydrogen (secondary N) is 2. The van der Waals surface area contributed by atoms with Crippen molar-refractivity contribution in [2.45, 2.75) is 0 Å². The number of ether oxygens (including phenoxy) is 2. The Hall–Kier alpha value is -5.63. The van der Waals surface area contributed by atoms with E-state index in [0.29, 0.717) is 52.4 Å². The van der Waals surface area contributed by atoms with Crippen LogP contribution in [0.3, 0.4) is 0 Å². The summed E-state index contributed by atoms with van der Waals surface area (Å²) in [4.78, 5) is 40.0. The molecular formula is C36H33ClN8O4S. The van der Waals surface area contributed by atoms with Gasteiger partial charge in [-0.1, -0.05) is 29.8 Å². The first-order valence-corrected chi connectivity index (χ1v) is 16.8. The number of aryl methyl sites for hydroxylation is 1. The minimum absolute atomic E-state index is 0.283. The van der Waals surface area contributed by atoms with Crippen LogP contribution in [0.5, 0.6) is 5.75 Å². The first-order chi connectivity index (χ1) is 24.4. The molecule has 254 valence electrons. The van der Waals surface area contributed by atoms with Gasteiger partial charge in [-0.25, -0.2) is 9.97 Å².